The molecule has 33 heavy (non-hydrogen) atoms. The monoisotopic (exact) mass is 452 g/mol. The van der Waals surface area contributed by atoms with E-state index in [1.165, 1.54) is 0 Å². The lowest BCUT2D eigenvalue weighted by Crippen LogP contribution is -2.40. The molecule has 0 spiro atoms. The number of hydrogen-bond acceptors (Lipinski definition) is 5. The summed E-state index contributed by atoms with van der Waals surface area (Å²) >= 11 is 0. The van der Waals surface area contributed by atoms with Crippen LogP contribution in [0.2, 0.25) is 0 Å². The van der Waals surface area contributed by atoms with Crippen LogP contribution in [0.4, 0.5) is 4.79 Å². The first-order valence-corrected chi connectivity index (χ1v) is 11.2. The first-order chi connectivity index (χ1) is 15.9. The van der Waals surface area contributed by atoms with Crippen molar-refractivity contribution in [3.63, 3.8) is 0 Å². The summed E-state index contributed by atoms with van der Waals surface area (Å²) in [4.78, 5) is 35.4. The molecule has 0 radical (unpaired) electrons. The Hall–Kier alpha value is -3.39. The smallest absolute Gasteiger partial charge is 0.407 e. The van der Waals surface area contributed by atoms with Crippen molar-refractivity contribution < 1.29 is 29.0 Å². The van der Waals surface area contributed by atoms with Crippen LogP contribution < -0.4 is 10.6 Å². The lowest BCUT2D eigenvalue weighted by molar-refractivity contribution is -0.149. The van der Waals surface area contributed by atoms with Gasteiger partial charge in [-0.15, -0.1) is 0 Å². The summed E-state index contributed by atoms with van der Waals surface area (Å²) in [5.74, 6) is -1.25. The number of benzene rings is 2. The van der Waals surface area contributed by atoms with Crippen molar-refractivity contribution in [2.75, 3.05) is 13.2 Å². The summed E-state index contributed by atoms with van der Waals surface area (Å²) < 4.78 is 10.9. The Morgan fingerprint density at radius 1 is 1.06 bits per heavy atom. The summed E-state index contributed by atoms with van der Waals surface area (Å²) in [5.41, 5.74) is 4.59. The number of fused-ring (bicyclic) bond motifs is 3. The van der Waals surface area contributed by atoms with Crippen molar-refractivity contribution >= 4 is 18.0 Å². The number of rotatable bonds is 8. The molecule has 0 bridgehead atoms. The number of nitrogens with one attached hydrogen (secondary N) is 2. The van der Waals surface area contributed by atoms with E-state index in [0.717, 1.165) is 22.3 Å². The summed E-state index contributed by atoms with van der Waals surface area (Å²) in [6, 6.07) is 15.8. The average Bonchev–Trinajstić information content (AvgIpc) is 3.39. The molecule has 3 N–H and O–H groups in total. The standard InChI is InChI=1S/C25H28N2O6/c1-15(12-23(28)26-13-16-10-11-22(33-16)24(29)30)27-25(31)32-14-21-19-8-4-2-6-17(19)18-7-3-5-9-20(18)21/h2-9,15-16,21-22H,10-14H2,1H3,(H,26,28)(H,27,31)(H,29,30)/t15-,16?,22?/m1/s1. The van der Waals surface area contributed by atoms with Crippen LogP contribution in [0, 0.1) is 0 Å². The van der Waals surface area contributed by atoms with Crippen molar-refractivity contribution in [3.8, 4) is 11.1 Å². The highest BCUT2D eigenvalue weighted by molar-refractivity contribution is 5.79. The van der Waals surface area contributed by atoms with Crippen molar-refractivity contribution in [1.82, 2.24) is 10.6 Å². The van der Waals surface area contributed by atoms with E-state index in [-0.39, 0.29) is 37.5 Å². The fourth-order valence-electron chi connectivity index (χ4n) is 4.51. The molecule has 3 atom stereocenters. The zero-order chi connectivity index (χ0) is 23.4. The van der Waals surface area contributed by atoms with Crippen molar-refractivity contribution in [2.24, 2.45) is 0 Å². The van der Waals surface area contributed by atoms with E-state index in [1.807, 2.05) is 24.3 Å². The molecule has 1 aliphatic carbocycles. The van der Waals surface area contributed by atoms with E-state index in [9.17, 15) is 14.4 Å². The van der Waals surface area contributed by atoms with E-state index in [1.54, 1.807) is 6.92 Å². The molecule has 8 nitrogen and oxygen atoms in total. The van der Waals surface area contributed by atoms with Gasteiger partial charge in [0.2, 0.25) is 5.91 Å². The van der Waals surface area contributed by atoms with Gasteiger partial charge in [0, 0.05) is 24.9 Å². The molecule has 2 unspecified atom stereocenters. The van der Waals surface area contributed by atoms with Gasteiger partial charge in [-0.3, -0.25) is 4.79 Å². The zero-order valence-corrected chi connectivity index (χ0v) is 18.5. The molecule has 4 rings (SSSR count). The Bertz CT molecular complexity index is 994. The quantitative estimate of drug-likeness (QED) is 0.567. The molecule has 2 aromatic rings. The normalized spacial score (nSPS) is 19.9. The largest absolute Gasteiger partial charge is 0.479 e. The first kappa shape index (κ1) is 22.8. The summed E-state index contributed by atoms with van der Waals surface area (Å²) in [6.45, 7) is 2.19. The second kappa shape index (κ2) is 10.0. The van der Waals surface area contributed by atoms with Gasteiger partial charge < -0.3 is 25.2 Å². The minimum Gasteiger partial charge on any atom is -0.479 e. The average molecular weight is 453 g/mol. The van der Waals surface area contributed by atoms with Gasteiger partial charge in [0.25, 0.3) is 0 Å². The topological polar surface area (TPSA) is 114 Å². The predicted octanol–water partition coefficient (Wildman–Crippen LogP) is 3.05. The summed E-state index contributed by atoms with van der Waals surface area (Å²) in [7, 11) is 0. The van der Waals surface area contributed by atoms with E-state index in [2.05, 4.69) is 34.9 Å². The minimum atomic E-state index is -0.982. The highest BCUT2D eigenvalue weighted by atomic mass is 16.5. The minimum absolute atomic E-state index is 0.0252. The van der Waals surface area contributed by atoms with Gasteiger partial charge in [0.1, 0.15) is 6.61 Å². The van der Waals surface area contributed by atoms with E-state index in [0.29, 0.717) is 12.8 Å². The van der Waals surface area contributed by atoms with Crippen LogP contribution >= 0.6 is 0 Å². The van der Waals surface area contributed by atoms with Crippen LogP contribution in [-0.2, 0) is 19.1 Å². The first-order valence-electron chi connectivity index (χ1n) is 11.2. The highest BCUT2D eigenvalue weighted by Gasteiger charge is 2.31. The second-order valence-corrected chi connectivity index (χ2v) is 8.54. The lowest BCUT2D eigenvalue weighted by Gasteiger charge is -2.18. The molecule has 1 aliphatic heterocycles. The summed E-state index contributed by atoms with van der Waals surface area (Å²) in [6.07, 6.45) is -0.568. The Morgan fingerprint density at radius 3 is 2.30 bits per heavy atom. The van der Waals surface area contributed by atoms with Crippen LogP contribution in [-0.4, -0.2) is 54.5 Å². The maximum atomic E-state index is 12.3. The molecule has 1 fully saturated rings. The van der Waals surface area contributed by atoms with E-state index >= 15 is 0 Å². The molecule has 0 aromatic heterocycles. The maximum Gasteiger partial charge on any atom is 0.407 e. The van der Waals surface area contributed by atoms with Gasteiger partial charge >= 0.3 is 12.1 Å². The maximum absolute atomic E-state index is 12.3. The van der Waals surface area contributed by atoms with Gasteiger partial charge in [-0.05, 0) is 42.0 Å². The molecule has 0 saturated carbocycles. The number of carbonyl (C=O) groups is 3. The van der Waals surface area contributed by atoms with E-state index < -0.39 is 24.2 Å². The van der Waals surface area contributed by atoms with Gasteiger partial charge in [-0.25, -0.2) is 9.59 Å². The molecule has 2 aromatic carbocycles. The van der Waals surface area contributed by atoms with Crippen molar-refractivity contribution in [2.45, 2.75) is 50.4 Å². The lowest BCUT2D eigenvalue weighted by atomic mass is 9.98. The molecule has 1 heterocycles. The Kier molecular flexibility index (Phi) is 6.93. The third-order valence-corrected chi connectivity index (χ3v) is 6.11. The molecular weight excluding hydrogens is 424 g/mol. The van der Waals surface area contributed by atoms with Crippen LogP contribution in [0.5, 0.6) is 0 Å². The molecular formula is C25H28N2O6. The number of alkyl carbamates (subject to hydrolysis) is 1. The van der Waals surface area contributed by atoms with Crippen LogP contribution in [0.25, 0.3) is 11.1 Å². The summed E-state index contributed by atoms with van der Waals surface area (Å²) in [5, 5.41) is 14.4. The fourth-order valence-corrected chi connectivity index (χ4v) is 4.51. The molecule has 8 heteroatoms. The SMILES string of the molecule is C[C@H](CC(=O)NCC1CCC(C(=O)O)O1)NC(=O)OCC1c2ccccc2-c2ccccc21. The number of amides is 2. The number of hydrogen-bond donors (Lipinski definition) is 3. The van der Waals surface area contributed by atoms with Gasteiger partial charge in [-0.1, -0.05) is 48.5 Å². The number of aliphatic carboxylic acids is 1. The zero-order valence-electron chi connectivity index (χ0n) is 18.5. The molecule has 2 amide bonds. The Labute approximate surface area is 192 Å². The third kappa shape index (κ3) is 5.34. The van der Waals surface area contributed by atoms with Crippen molar-refractivity contribution in [1.29, 1.82) is 0 Å². The molecule has 2 aliphatic rings. The van der Waals surface area contributed by atoms with Crippen molar-refractivity contribution in [3.05, 3.63) is 59.7 Å². The molecule has 1 saturated heterocycles. The number of carbonyl (C=O) groups excluding carboxylic acids is 2. The molecule has 174 valence electrons. The van der Waals surface area contributed by atoms with Crippen LogP contribution in [0.1, 0.15) is 43.2 Å². The van der Waals surface area contributed by atoms with Gasteiger partial charge in [-0.2, -0.15) is 0 Å². The number of ether oxygens (including phenoxy) is 2. The third-order valence-electron chi connectivity index (χ3n) is 6.11. The Balaban J connectivity index is 1.22. The van der Waals surface area contributed by atoms with Gasteiger partial charge in [0.05, 0.1) is 6.10 Å². The van der Waals surface area contributed by atoms with E-state index in [4.69, 9.17) is 14.6 Å². The Morgan fingerprint density at radius 2 is 1.70 bits per heavy atom. The second-order valence-electron chi connectivity index (χ2n) is 8.54. The highest BCUT2D eigenvalue weighted by Crippen LogP contribution is 2.44. The predicted molar refractivity (Wildman–Crippen MR) is 121 cm³/mol. The van der Waals surface area contributed by atoms with Crippen LogP contribution in [0.15, 0.2) is 48.5 Å². The fraction of sp³-hybridized carbons (Fsp3) is 0.400. The number of carboxylic acids is 1. The van der Waals surface area contributed by atoms with Gasteiger partial charge in [0.15, 0.2) is 6.10 Å². The number of carboxylic acid groups (broad SMARTS) is 1. The van der Waals surface area contributed by atoms with Crippen LogP contribution in [0.3, 0.4) is 0 Å².